The van der Waals surface area contributed by atoms with Gasteiger partial charge < -0.3 is 20.1 Å². The number of rotatable bonds is 4. The van der Waals surface area contributed by atoms with Crippen molar-refractivity contribution < 1.29 is 14.3 Å². The van der Waals surface area contributed by atoms with Gasteiger partial charge >= 0.3 is 6.09 Å². The number of hydrogen-bond acceptors (Lipinski definition) is 4. The van der Waals surface area contributed by atoms with Crippen LogP contribution in [0, 0.1) is 0 Å². The largest absolute Gasteiger partial charge is 0.496 e. The van der Waals surface area contributed by atoms with Gasteiger partial charge in [0.2, 0.25) is 0 Å². The van der Waals surface area contributed by atoms with E-state index in [-0.39, 0.29) is 17.6 Å². The molecule has 0 radical (unpaired) electrons. The number of nitrogens with one attached hydrogen (secondary N) is 2. The molecule has 1 saturated heterocycles. The fourth-order valence-electron chi connectivity index (χ4n) is 3.06. The molecule has 2 N–H and O–H groups in total. The Morgan fingerprint density at radius 2 is 1.96 bits per heavy atom. The van der Waals surface area contributed by atoms with Gasteiger partial charge in [0.1, 0.15) is 12.4 Å². The number of hydrogen-bond donors (Lipinski definition) is 2. The topological polar surface area (TPSA) is 59.6 Å². The number of piperidine rings is 1. The molecule has 0 aliphatic carbocycles. The van der Waals surface area contributed by atoms with Crippen molar-refractivity contribution in [1.29, 1.82) is 0 Å². The number of methoxy groups -OCH3 is 1. The molecule has 24 heavy (non-hydrogen) atoms. The van der Waals surface area contributed by atoms with Crippen molar-refractivity contribution >= 4 is 6.09 Å². The van der Waals surface area contributed by atoms with E-state index in [0.717, 1.165) is 37.2 Å². The summed E-state index contributed by atoms with van der Waals surface area (Å²) in [5.74, 6) is 0.905. The van der Waals surface area contributed by atoms with E-state index in [1.54, 1.807) is 7.11 Å². The highest BCUT2D eigenvalue weighted by molar-refractivity contribution is 5.68. The molecule has 1 aromatic carbocycles. The van der Waals surface area contributed by atoms with Crippen molar-refractivity contribution in [3.05, 3.63) is 29.3 Å². The molecule has 2 rings (SSSR count). The van der Waals surface area contributed by atoms with Crippen LogP contribution in [0.5, 0.6) is 5.75 Å². The molecular formula is C19H30N2O3. The van der Waals surface area contributed by atoms with Crippen LogP contribution in [0.15, 0.2) is 18.2 Å². The Morgan fingerprint density at radius 1 is 1.29 bits per heavy atom. The molecule has 0 aromatic heterocycles. The van der Waals surface area contributed by atoms with E-state index >= 15 is 0 Å². The molecule has 1 heterocycles. The Morgan fingerprint density at radius 3 is 2.54 bits per heavy atom. The molecule has 0 spiro atoms. The molecule has 0 saturated carbocycles. The third-order valence-electron chi connectivity index (χ3n) is 4.47. The smallest absolute Gasteiger partial charge is 0.407 e. The number of carbonyl (C=O) groups excluding carboxylic acids is 1. The lowest BCUT2D eigenvalue weighted by Crippen LogP contribution is -2.40. The van der Waals surface area contributed by atoms with Gasteiger partial charge in [-0.1, -0.05) is 13.0 Å². The Kier molecular flexibility index (Phi) is 5.75. The second-order valence-electron chi connectivity index (χ2n) is 7.80. The maximum Gasteiger partial charge on any atom is 0.407 e. The van der Waals surface area contributed by atoms with Gasteiger partial charge in [-0.2, -0.15) is 0 Å². The molecule has 1 aromatic rings. The molecule has 0 unspecified atom stereocenters. The summed E-state index contributed by atoms with van der Waals surface area (Å²) < 4.78 is 10.9. The zero-order valence-electron chi connectivity index (χ0n) is 15.5. The summed E-state index contributed by atoms with van der Waals surface area (Å²) in [4.78, 5) is 11.8. The normalized spacial score (nSPS) is 17.2. The highest BCUT2D eigenvalue weighted by Gasteiger charge is 2.31. The van der Waals surface area contributed by atoms with E-state index in [9.17, 15) is 4.79 Å². The Balaban J connectivity index is 2.12. The molecule has 5 nitrogen and oxygen atoms in total. The van der Waals surface area contributed by atoms with Crippen molar-refractivity contribution in [1.82, 2.24) is 10.6 Å². The van der Waals surface area contributed by atoms with E-state index < -0.39 is 6.09 Å². The van der Waals surface area contributed by atoms with Gasteiger partial charge in [-0.3, -0.25) is 0 Å². The van der Waals surface area contributed by atoms with Crippen LogP contribution >= 0.6 is 0 Å². The minimum absolute atomic E-state index is 0.0836. The number of ether oxygens (including phenoxy) is 2. The van der Waals surface area contributed by atoms with E-state index in [1.165, 1.54) is 5.56 Å². The number of amides is 1. The van der Waals surface area contributed by atoms with Crippen LogP contribution in [0.1, 0.15) is 51.7 Å². The highest BCUT2D eigenvalue weighted by Crippen LogP contribution is 2.39. The van der Waals surface area contributed by atoms with E-state index in [2.05, 4.69) is 23.6 Å². The summed E-state index contributed by atoms with van der Waals surface area (Å²) in [6.45, 7) is 10.3. The van der Waals surface area contributed by atoms with Gasteiger partial charge in [0.25, 0.3) is 0 Å². The Labute approximate surface area is 145 Å². The van der Waals surface area contributed by atoms with Crippen LogP contribution in [0.3, 0.4) is 0 Å². The summed E-state index contributed by atoms with van der Waals surface area (Å²) in [5, 5.41) is 6.21. The van der Waals surface area contributed by atoms with Crippen molar-refractivity contribution in [3.63, 3.8) is 0 Å². The van der Waals surface area contributed by atoms with Crippen LogP contribution < -0.4 is 15.4 Å². The predicted octanol–water partition coefficient (Wildman–Crippen LogP) is 3.36. The van der Waals surface area contributed by atoms with Gasteiger partial charge in [-0.05, 0) is 69.8 Å². The van der Waals surface area contributed by atoms with Crippen LogP contribution in [-0.4, -0.2) is 31.8 Å². The van der Waals surface area contributed by atoms with Crippen molar-refractivity contribution in [2.75, 3.05) is 20.2 Å². The van der Waals surface area contributed by atoms with Crippen molar-refractivity contribution in [2.24, 2.45) is 0 Å². The molecule has 134 valence electrons. The first-order chi connectivity index (χ1) is 11.2. The van der Waals surface area contributed by atoms with E-state index in [1.807, 2.05) is 32.9 Å². The van der Waals surface area contributed by atoms with Gasteiger partial charge in [0.15, 0.2) is 0 Å². The maximum absolute atomic E-state index is 11.8. The second kappa shape index (κ2) is 7.43. The van der Waals surface area contributed by atoms with E-state index in [4.69, 9.17) is 9.47 Å². The van der Waals surface area contributed by atoms with Crippen molar-refractivity contribution in [3.8, 4) is 5.75 Å². The maximum atomic E-state index is 11.8. The van der Waals surface area contributed by atoms with Gasteiger partial charge in [-0.15, -0.1) is 0 Å². The SMILES string of the molecule is COc1ccc(COC(=O)NC(C)(C)C)cc1C1(C)CCNCC1. The van der Waals surface area contributed by atoms with Gasteiger partial charge in [-0.25, -0.2) is 4.79 Å². The van der Waals surface area contributed by atoms with Crippen LogP contribution in [-0.2, 0) is 16.8 Å². The fourth-order valence-corrected chi connectivity index (χ4v) is 3.06. The first kappa shape index (κ1) is 18.6. The zero-order valence-corrected chi connectivity index (χ0v) is 15.5. The highest BCUT2D eigenvalue weighted by atomic mass is 16.5. The third kappa shape index (κ3) is 4.87. The molecule has 1 aliphatic rings. The average Bonchev–Trinajstić information content (AvgIpc) is 2.52. The van der Waals surface area contributed by atoms with Crippen LogP contribution in [0.25, 0.3) is 0 Å². The van der Waals surface area contributed by atoms with Crippen LogP contribution in [0.4, 0.5) is 4.79 Å². The molecule has 5 heteroatoms. The minimum atomic E-state index is -0.395. The Bertz CT molecular complexity index is 572. The minimum Gasteiger partial charge on any atom is -0.496 e. The van der Waals surface area contributed by atoms with Gasteiger partial charge in [0.05, 0.1) is 7.11 Å². The fraction of sp³-hybridized carbons (Fsp3) is 0.632. The summed E-state index contributed by atoms with van der Waals surface area (Å²) in [5.41, 5.74) is 1.96. The Hall–Kier alpha value is -1.75. The monoisotopic (exact) mass is 334 g/mol. The van der Waals surface area contributed by atoms with E-state index in [0.29, 0.717) is 0 Å². The first-order valence-electron chi connectivity index (χ1n) is 8.57. The lowest BCUT2D eigenvalue weighted by molar-refractivity contribution is 0.131. The molecule has 1 aliphatic heterocycles. The predicted molar refractivity (Wildman–Crippen MR) is 95.5 cm³/mol. The second-order valence-corrected chi connectivity index (χ2v) is 7.80. The third-order valence-corrected chi connectivity index (χ3v) is 4.47. The number of alkyl carbamates (subject to hydrolysis) is 1. The summed E-state index contributed by atoms with van der Waals surface area (Å²) in [7, 11) is 1.70. The molecule has 0 bridgehead atoms. The molecule has 1 amide bonds. The lowest BCUT2D eigenvalue weighted by atomic mass is 9.74. The summed E-state index contributed by atoms with van der Waals surface area (Å²) in [6.07, 6.45) is 1.74. The average molecular weight is 334 g/mol. The van der Waals surface area contributed by atoms with Crippen LogP contribution in [0.2, 0.25) is 0 Å². The lowest BCUT2D eigenvalue weighted by Gasteiger charge is -2.35. The number of carbonyl (C=O) groups is 1. The molecular weight excluding hydrogens is 304 g/mol. The quantitative estimate of drug-likeness (QED) is 0.886. The first-order valence-corrected chi connectivity index (χ1v) is 8.57. The number of benzene rings is 1. The van der Waals surface area contributed by atoms with Gasteiger partial charge in [0, 0.05) is 11.1 Å². The molecule has 0 atom stereocenters. The summed E-state index contributed by atoms with van der Waals surface area (Å²) >= 11 is 0. The molecule has 1 fully saturated rings. The standard InChI is InChI=1S/C19H30N2O3/c1-18(2,3)21-17(22)24-13-14-6-7-16(23-5)15(12-14)19(4)8-10-20-11-9-19/h6-7,12,20H,8-11,13H2,1-5H3,(H,21,22). The zero-order chi connectivity index (χ0) is 17.8. The summed E-state index contributed by atoms with van der Waals surface area (Å²) in [6, 6.07) is 6.05. The van der Waals surface area contributed by atoms with Crippen molar-refractivity contribution in [2.45, 2.75) is 58.1 Å².